The minimum atomic E-state index is 0.866. The smallest absolute Gasteiger partial charge is 0.0366 e. The van der Waals surface area contributed by atoms with Gasteiger partial charge in [0.25, 0.3) is 0 Å². The summed E-state index contributed by atoms with van der Waals surface area (Å²) in [5.41, 5.74) is 0. The van der Waals surface area contributed by atoms with Gasteiger partial charge in [-0.1, -0.05) is 53.9 Å². The fourth-order valence-corrected chi connectivity index (χ4v) is 1.91. The molecule has 0 saturated carbocycles. The Balaban J connectivity index is 3.87. The monoisotopic (exact) mass is 156 g/mol. The van der Waals surface area contributed by atoms with E-state index in [1.807, 2.05) is 0 Å². The molecular formula is C11H24. The Morgan fingerprint density at radius 1 is 1.00 bits per heavy atom. The summed E-state index contributed by atoms with van der Waals surface area (Å²) in [6, 6.07) is 0. The van der Waals surface area contributed by atoms with Gasteiger partial charge < -0.3 is 0 Å². The van der Waals surface area contributed by atoms with Crippen LogP contribution in [0.5, 0.6) is 0 Å². The summed E-state index contributed by atoms with van der Waals surface area (Å²) in [5.74, 6) is 2.73. The molecule has 0 aliphatic carbocycles. The lowest BCUT2D eigenvalue weighted by molar-refractivity contribution is 0.245. The van der Waals surface area contributed by atoms with Gasteiger partial charge in [0, 0.05) is 0 Å². The number of hydrogen-bond acceptors (Lipinski definition) is 0. The van der Waals surface area contributed by atoms with Crippen LogP contribution in [0.25, 0.3) is 0 Å². The fraction of sp³-hybridized carbons (Fsp3) is 1.00. The maximum Gasteiger partial charge on any atom is -0.0366 e. The molecule has 0 bridgehead atoms. The predicted octanol–water partition coefficient (Wildman–Crippen LogP) is 4.10. The minimum Gasteiger partial charge on any atom is -0.0654 e. The van der Waals surface area contributed by atoms with Gasteiger partial charge >= 0.3 is 0 Å². The van der Waals surface area contributed by atoms with Gasteiger partial charge in [-0.05, 0) is 17.8 Å². The van der Waals surface area contributed by atoms with Crippen molar-refractivity contribution in [1.82, 2.24) is 0 Å². The van der Waals surface area contributed by atoms with Gasteiger partial charge in [0.15, 0.2) is 0 Å². The van der Waals surface area contributed by atoms with Gasteiger partial charge in [0.2, 0.25) is 0 Å². The summed E-state index contributed by atoms with van der Waals surface area (Å²) in [7, 11) is 0. The van der Waals surface area contributed by atoms with E-state index in [-0.39, 0.29) is 0 Å². The quantitative estimate of drug-likeness (QED) is 0.562. The van der Waals surface area contributed by atoms with Gasteiger partial charge in [-0.3, -0.25) is 0 Å². The second-order valence-corrected chi connectivity index (χ2v) is 4.08. The average molecular weight is 156 g/mol. The van der Waals surface area contributed by atoms with Gasteiger partial charge in [-0.2, -0.15) is 0 Å². The molecule has 0 nitrogen and oxygen atoms in total. The van der Waals surface area contributed by atoms with Crippen LogP contribution < -0.4 is 0 Å². The van der Waals surface area contributed by atoms with E-state index in [4.69, 9.17) is 0 Å². The lowest BCUT2D eigenvalue weighted by Crippen LogP contribution is -2.16. The van der Waals surface area contributed by atoms with Crippen LogP contribution in [0.1, 0.15) is 53.9 Å². The summed E-state index contributed by atoms with van der Waals surface area (Å²) in [6.07, 6.45) is 4.09. The Labute approximate surface area is 72.4 Å². The van der Waals surface area contributed by atoms with Crippen LogP contribution in [0.2, 0.25) is 0 Å². The zero-order chi connectivity index (χ0) is 8.85. The van der Waals surface area contributed by atoms with E-state index in [0.717, 1.165) is 17.8 Å². The molecular weight excluding hydrogens is 132 g/mol. The molecule has 0 rings (SSSR count). The Bertz CT molecular complexity index is 84.0. The molecule has 2 atom stereocenters. The maximum atomic E-state index is 2.39. The number of rotatable bonds is 5. The molecule has 0 amide bonds. The van der Waals surface area contributed by atoms with Crippen molar-refractivity contribution < 1.29 is 0 Å². The topological polar surface area (TPSA) is 0 Å². The molecule has 0 aromatic rings. The number of hydrogen-bond donors (Lipinski definition) is 0. The average Bonchev–Trinajstić information content (AvgIpc) is 1.98. The van der Waals surface area contributed by atoms with Crippen LogP contribution >= 0.6 is 0 Å². The summed E-state index contributed by atoms with van der Waals surface area (Å²) in [5, 5.41) is 0. The Kier molecular flexibility index (Phi) is 5.62. The van der Waals surface area contributed by atoms with E-state index in [0.29, 0.717) is 0 Å². The van der Waals surface area contributed by atoms with E-state index >= 15 is 0 Å². The second-order valence-electron chi connectivity index (χ2n) is 4.08. The van der Waals surface area contributed by atoms with Gasteiger partial charge in [0.1, 0.15) is 0 Å². The molecule has 0 radical (unpaired) electrons. The van der Waals surface area contributed by atoms with E-state index < -0.39 is 0 Å². The van der Waals surface area contributed by atoms with Crippen LogP contribution in [0, 0.1) is 17.8 Å². The summed E-state index contributed by atoms with van der Waals surface area (Å²) in [6.45, 7) is 11.7. The van der Waals surface area contributed by atoms with Crippen molar-refractivity contribution in [2.45, 2.75) is 53.9 Å². The van der Waals surface area contributed by atoms with Crippen LogP contribution in [0.4, 0.5) is 0 Å². The fourth-order valence-electron chi connectivity index (χ4n) is 1.91. The molecule has 0 heteroatoms. The molecule has 0 aromatic heterocycles. The Morgan fingerprint density at radius 3 is 1.82 bits per heavy atom. The van der Waals surface area contributed by atoms with Crippen molar-refractivity contribution in [1.29, 1.82) is 0 Å². The molecule has 68 valence electrons. The highest BCUT2D eigenvalue weighted by molar-refractivity contribution is 4.67. The normalized spacial score (nSPS) is 16.9. The van der Waals surface area contributed by atoms with Crippen LogP contribution in [-0.4, -0.2) is 0 Å². The first-order chi connectivity index (χ1) is 5.13. The van der Waals surface area contributed by atoms with Gasteiger partial charge in [-0.25, -0.2) is 0 Å². The summed E-state index contributed by atoms with van der Waals surface area (Å²) >= 11 is 0. The summed E-state index contributed by atoms with van der Waals surface area (Å²) in [4.78, 5) is 0. The largest absolute Gasteiger partial charge is 0.0654 e. The third kappa shape index (κ3) is 3.79. The van der Waals surface area contributed by atoms with E-state index in [1.165, 1.54) is 19.3 Å². The first-order valence-electron chi connectivity index (χ1n) is 5.13. The molecule has 11 heavy (non-hydrogen) atoms. The van der Waals surface area contributed by atoms with Crippen molar-refractivity contribution in [3.8, 4) is 0 Å². The zero-order valence-electron chi connectivity index (χ0n) is 8.85. The molecule has 0 aromatic carbocycles. The molecule has 0 aliphatic heterocycles. The third-order valence-electron chi connectivity index (χ3n) is 2.85. The Morgan fingerprint density at radius 2 is 1.55 bits per heavy atom. The van der Waals surface area contributed by atoms with Crippen LogP contribution in [0.15, 0.2) is 0 Å². The molecule has 1 unspecified atom stereocenters. The highest BCUT2D eigenvalue weighted by atomic mass is 14.2. The van der Waals surface area contributed by atoms with Crippen molar-refractivity contribution in [3.63, 3.8) is 0 Å². The van der Waals surface area contributed by atoms with Crippen molar-refractivity contribution in [2.75, 3.05) is 0 Å². The third-order valence-corrected chi connectivity index (χ3v) is 2.85. The highest BCUT2D eigenvalue weighted by Crippen LogP contribution is 2.27. The molecule has 0 fully saturated rings. The van der Waals surface area contributed by atoms with Crippen molar-refractivity contribution >= 4 is 0 Å². The first kappa shape index (κ1) is 11.0. The molecule has 0 spiro atoms. The zero-order valence-corrected chi connectivity index (χ0v) is 8.85. The first-order valence-corrected chi connectivity index (χ1v) is 5.13. The summed E-state index contributed by atoms with van der Waals surface area (Å²) < 4.78 is 0. The van der Waals surface area contributed by atoms with Gasteiger partial charge in [-0.15, -0.1) is 0 Å². The molecule has 0 saturated heterocycles. The van der Waals surface area contributed by atoms with E-state index in [2.05, 4.69) is 34.6 Å². The lowest BCUT2D eigenvalue weighted by Gasteiger charge is -2.26. The molecule has 0 aliphatic rings. The SMILES string of the molecule is CCC[C@@H](C(C)C)C(C)CC. The lowest BCUT2D eigenvalue weighted by atomic mass is 9.80. The van der Waals surface area contributed by atoms with Gasteiger partial charge in [0.05, 0.1) is 0 Å². The standard InChI is InChI=1S/C11H24/c1-6-8-11(9(3)4)10(5)7-2/h9-11H,6-8H2,1-5H3/t10?,11-/m0/s1. The second kappa shape index (κ2) is 5.62. The molecule has 0 N–H and O–H groups in total. The minimum absolute atomic E-state index is 0.866. The molecule has 0 heterocycles. The maximum absolute atomic E-state index is 2.39. The van der Waals surface area contributed by atoms with Crippen LogP contribution in [0.3, 0.4) is 0 Å². The van der Waals surface area contributed by atoms with E-state index in [9.17, 15) is 0 Å². The van der Waals surface area contributed by atoms with E-state index in [1.54, 1.807) is 0 Å². The Hall–Kier alpha value is 0. The highest BCUT2D eigenvalue weighted by Gasteiger charge is 2.17. The van der Waals surface area contributed by atoms with Crippen molar-refractivity contribution in [2.24, 2.45) is 17.8 Å². The predicted molar refractivity (Wildman–Crippen MR) is 52.7 cm³/mol. The van der Waals surface area contributed by atoms with Crippen LogP contribution in [-0.2, 0) is 0 Å². The van der Waals surface area contributed by atoms with Crippen molar-refractivity contribution in [3.05, 3.63) is 0 Å².